The molecule has 3 saturated carbocycles. The van der Waals surface area contributed by atoms with E-state index in [0.717, 1.165) is 79.7 Å². The van der Waals surface area contributed by atoms with E-state index in [0.29, 0.717) is 23.7 Å². The van der Waals surface area contributed by atoms with Gasteiger partial charge in [-0.3, -0.25) is 0 Å². The number of aliphatic hydroxyl groups is 2. The molecule has 0 aromatic carbocycles. The van der Waals surface area contributed by atoms with E-state index in [9.17, 15) is 10.2 Å². The summed E-state index contributed by atoms with van der Waals surface area (Å²) < 4.78 is 9.92. The Hall–Kier alpha value is -2.74. The van der Waals surface area contributed by atoms with E-state index in [1.54, 1.807) is 0 Å². The average molecular weight is 555 g/mol. The van der Waals surface area contributed by atoms with E-state index >= 15 is 0 Å². The van der Waals surface area contributed by atoms with E-state index in [1.165, 1.54) is 43.2 Å². The van der Waals surface area contributed by atoms with Crippen molar-refractivity contribution in [2.45, 2.75) is 101 Å². The van der Waals surface area contributed by atoms with Crippen LogP contribution in [0.3, 0.4) is 0 Å². The smallest absolute Gasteiger partial charge is 0.116 e. The maximum absolute atomic E-state index is 11.7. The topological polar surface area (TPSA) is 84.3 Å². The zero-order valence-electron chi connectivity index (χ0n) is 23.9. The molecule has 8 rings (SSSR count). The predicted octanol–water partition coefficient (Wildman–Crippen LogP) is 6.59. The zero-order valence-corrected chi connectivity index (χ0v) is 23.9. The molecule has 1 aliphatic heterocycles. The van der Waals surface area contributed by atoms with Crippen LogP contribution in [0.25, 0.3) is 11.0 Å². The molecule has 2 unspecified atom stereocenters. The molecule has 4 aromatic heterocycles. The predicted molar refractivity (Wildman–Crippen MR) is 157 cm³/mol. The van der Waals surface area contributed by atoms with Crippen molar-refractivity contribution in [1.29, 1.82) is 0 Å². The van der Waals surface area contributed by atoms with Crippen LogP contribution >= 0.6 is 0 Å². The molecule has 0 radical (unpaired) electrons. The van der Waals surface area contributed by atoms with E-state index in [4.69, 9.17) is 9.72 Å². The minimum Gasteiger partial charge on any atom is -0.388 e. The fourth-order valence-electron chi connectivity index (χ4n) is 8.24. The lowest BCUT2D eigenvalue weighted by Gasteiger charge is -2.38. The molecule has 4 aromatic rings. The van der Waals surface area contributed by atoms with E-state index in [2.05, 4.69) is 38.3 Å². The van der Waals surface area contributed by atoms with Crippen molar-refractivity contribution in [3.05, 3.63) is 71.3 Å². The van der Waals surface area contributed by atoms with Crippen molar-refractivity contribution in [3.8, 4) is 0 Å². The van der Waals surface area contributed by atoms with Gasteiger partial charge in [0.05, 0.1) is 42.0 Å². The monoisotopic (exact) mass is 554 g/mol. The van der Waals surface area contributed by atoms with Gasteiger partial charge < -0.3 is 23.8 Å². The largest absolute Gasteiger partial charge is 0.388 e. The molecule has 2 N–H and O–H groups in total. The number of imidazole rings is 2. The molecule has 0 spiro atoms. The Morgan fingerprint density at radius 3 is 2.17 bits per heavy atom. The van der Waals surface area contributed by atoms with Gasteiger partial charge in [0.1, 0.15) is 5.82 Å². The highest BCUT2D eigenvalue weighted by molar-refractivity contribution is 5.61. The Kier molecular flexibility index (Phi) is 6.65. The molecule has 216 valence electrons. The van der Waals surface area contributed by atoms with Crippen molar-refractivity contribution >= 4 is 11.0 Å². The van der Waals surface area contributed by atoms with Gasteiger partial charge >= 0.3 is 0 Å². The molecule has 5 heterocycles. The van der Waals surface area contributed by atoms with Gasteiger partial charge in [-0.15, -0.1) is 0 Å². The van der Waals surface area contributed by atoms with Gasteiger partial charge in [-0.05, 0) is 98.3 Å². The lowest BCUT2D eigenvalue weighted by molar-refractivity contribution is 0.00729. The number of fused-ring (bicyclic) bond motifs is 2. The summed E-state index contributed by atoms with van der Waals surface area (Å²) in [7, 11) is 0. The van der Waals surface area contributed by atoms with Crippen LogP contribution in [0.15, 0.2) is 43.2 Å². The van der Waals surface area contributed by atoms with Crippen LogP contribution in [-0.2, 0) is 4.74 Å². The normalized spacial score (nSPS) is 25.9. The number of hydrogen-bond donors (Lipinski definition) is 2. The second-order valence-electron chi connectivity index (χ2n) is 13.3. The summed E-state index contributed by atoms with van der Waals surface area (Å²) in [5.74, 6) is 3.02. The minimum atomic E-state index is -0.469. The summed E-state index contributed by atoms with van der Waals surface area (Å²) in [4.78, 5) is 9.41. The van der Waals surface area contributed by atoms with Gasteiger partial charge in [0.25, 0.3) is 0 Å². The first kappa shape index (κ1) is 25.9. The van der Waals surface area contributed by atoms with Crippen molar-refractivity contribution in [2.24, 2.45) is 11.8 Å². The molecular formula is C34H42N4O3. The maximum Gasteiger partial charge on any atom is 0.116 e. The Bertz CT molecular complexity index is 1540. The number of hydrogen-bond acceptors (Lipinski definition) is 5. The molecule has 4 aliphatic rings. The van der Waals surface area contributed by atoms with Crippen LogP contribution in [0, 0.1) is 11.8 Å². The molecule has 41 heavy (non-hydrogen) atoms. The number of nitrogens with zero attached hydrogens (tertiary/aromatic N) is 4. The average Bonchev–Trinajstić information content (AvgIpc) is 3.58. The number of rotatable bonds is 7. The Labute approximate surface area is 241 Å². The van der Waals surface area contributed by atoms with E-state index in [1.807, 2.05) is 18.7 Å². The van der Waals surface area contributed by atoms with Crippen LogP contribution < -0.4 is 0 Å². The van der Waals surface area contributed by atoms with Crippen LogP contribution in [0.4, 0.5) is 0 Å². The van der Waals surface area contributed by atoms with E-state index in [-0.39, 0.29) is 5.92 Å². The van der Waals surface area contributed by atoms with Crippen LogP contribution in [0.2, 0.25) is 0 Å². The highest BCUT2D eigenvalue weighted by Gasteiger charge is 2.39. The van der Waals surface area contributed by atoms with Crippen molar-refractivity contribution < 1.29 is 14.9 Å². The lowest BCUT2D eigenvalue weighted by Crippen LogP contribution is -2.26. The van der Waals surface area contributed by atoms with Crippen molar-refractivity contribution in [1.82, 2.24) is 18.8 Å². The number of ether oxygens (including phenoxy) is 1. The molecule has 3 aliphatic carbocycles. The first-order valence-electron chi connectivity index (χ1n) is 16.1. The van der Waals surface area contributed by atoms with Gasteiger partial charge in [-0.2, -0.15) is 0 Å². The third-order valence-electron chi connectivity index (χ3n) is 10.8. The van der Waals surface area contributed by atoms with Gasteiger partial charge in [0.15, 0.2) is 0 Å². The fourth-order valence-corrected chi connectivity index (χ4v) is 8.24. The number of aromatic nitrogens is 4. The molecule has 7 nitrogen and oxygen atoms in total. The van der Waals surface area contributed by atoms with Crippen molar-refractivity contribution in [3.63, 3.8) is 0 Å². The number of aliphatic hydroxyl groups excluding tert-OH is 2. The molecule has 7 heteroatoms. The first-order valence-corrected chi connectivity index (χ1v) is 16.1. The third kappa shape index (κ3) is 4.52. The number of pyridine rings is 2. The molecular weight excluding hydrogens is 512 g/mol. The molecule has 4 fully saturated rings. The summed E-state index contributed by atoms with van der Waals surface area (Å²) in [6, 6.07) is 4.49. The molecule has 1 saturated heterocycles. The quantitative estimate of drug-likeness (QED) is 0.269. The maximum atomic E-state index is 11.7. The fraction of sp³-hybridized carbons (Fsp3) is 0.588. The van der Waals surface area contributed by atoms with Crippen LogP contribution in [0.1, 0.15) is 129 Å². The van der Waals surface area contributed by atoms with Gasteiger partial charge in [0, 0.05) is 42.7 Å². The summed E-state index contributed by atoms with van der Waals surface area (Å²) in [5, 5.41) is 23.3. The second-order valence-corrected chi connectivity index (χ2v) is 13.3. The Morgan fingerprint density at radius 1 is 0.732 bits per heavy atom. The molecule has 0 amide bonds. The SMILES string of the molecule is OC(c1c(C2CC(c3ncc4c(C(O)C5CCOCC5)c(C5CC5)ccn34)C2)ccn2cncc12)C1CCCCC1. The summed E-state index contributed by atoms with van der Waals surface area (Å²) in [6.07, 6.45) is 21.4. The Balaban J connectivity index is 1.09. The lowest BCUT2D eigenvalue weighted by atomic mass is 9.68. The van der Waals surface area contributed by atoms with Gasteiger partial charge in [0.2, 0.25) is 0 Å². The van der Waals surface area contributed by atoms with Gasteiger partial charge in [-0.1, -0.05) is 19.3 Å². The summed E-state index contributed by atoms with van der Waals surface area (Å²) >= 11 is 0. The Morgan fingerprint density at radius 2 is 1.41 bits per heavy atom. The molecule has 2 atom stereocenters. The third-order valence-corrected chi connectivity index (χ3v) is 10.8. The zero-order chi connectivity index (χ0) is 27.5. The summed E-state index contributed by atoms with van der Waals surface area (Å²) in [6.45, 7) is 1.47. The second kappa shape index (κ2) is 10.5. The minimum absolute atomic E-state index is 0.242. The van der Waals surface area contributed by atoms with Crippen LogP contribution in [-0.4, -0.2) is 42.2 Å². The highest BCUT2D eigenvalue weighted by Crippen LogP contribution is 2.51. The molecule has 0 bridgehead atoms. The van der Waals surface area contributed by atoms with Crippen molar-refractivity contribution in [2.75, 3.05) is 13.2 Å². The summed E-state index contributed by atoms with van der Waals surface area (Å²) in [5.41, 5.74) is 6.96. The highest BCUT2D eigenvalue weighted by atomic mass is 16.5. The van der Waals surface area contributed by atoms with Gasteiger partial charge in [-0.25, -0.2) is 9.97 Å². The standard InChI is InChI=1S/C34H42N4O3/c39-32(22-4-2-1-3-5-22)30-27(8-12-37-20-35-18-28(30)37)24-16-25(17-24)34-36-19-29-31(33(40)23-10-14-41-15-11-23)26(21-6-7-21)9-13-38(29)34/h8-9,12-13,18-25,32-33,39-40H,1-7,10-11,14-17H2. The van der Waals surface area contributed by atoms with E-state index < -0.39 is 12.2 Å². The van der Waals surface area contributed by atoms with Crippen LogP contribution in [0.5, 0.6) is 0 Å². The first-order chi connectivity index (χ1) is 20.2.